The first-order valence-corrected chi connectivity index (χ1v) is 12.9. The molecule has 0 saturated heterocycles. The number of fused-ring (bicyclic) bond motifs is 1. The van der Waals surface area contributed by atoms with Gasteiger partial charge in [0.25, 0.3) is 5.91 Å². The molecule has 2 aliphatic carbocycles. The van der Waals surface area contributed by atoms with Crippen molar-refractivity contribution in [1.29, 1.82) is 0 Å². The number of hydrogen-bond donors (Lipinski definition) is 0. The number of amides is 1. The van der Waals surface area contributed by atoms with E-state index in [1.165, 1.54) is 10.7 Å². The summed E-state index contributed by atoms with van der Waals surface area (Å²) in [5.41, 5.74) is 2.97. The molecule has 0 radical (unpaired) electrons. The van der Waals surface area contributed by atoms with Crippen LogP contribution in [-0.4, -0.2) is 51.0 Å². The summed E-state index contributed by atoms with van der Waals surface area (Å²) >= 11 is 0. The number of rotatable bonds is 6. The lowest BCUT2D eigenvalue weighted by atomic mass is 9.91. The fourth-order valence-corrected chi connectivity index (χ4v) is 4.95. The molecule has 0 aliphatic heterocycles. The Kier molecular flexibility index (Phi) is 6.94. The summed E-state index contributed by atoms with van der Waals surface area (Å²) in [4.78, 5) is 28.1. The molecule has 0 spiro atoms. The third-order valence-corrected chi connectivity index (χ3v) is 6.74. The van der Waals surface area contributed by atoms with E-state index >= 15 is 0 Å². The van der Waals surface area contributed by atoms with Crippen molar-refractivity contribution >= 4 is 12.0 Å². The number of aryl methyl sites for hydroxylation is 1. The van der Waals surface area contributed by atoms with Gasteiger partial charge in [0.1, 0.15) is 11.4 Å². The van der Waals surface area contributed by atoms with E-state index in [1.54, 1.807) is 48.7 Å². The highest BCUT2D eigenvalue weighted by Crippen LogP contribution is 2.36. The Morgan fingerprint density at radius 1 is 1.03 bits per heavy atom. The molecule has 0 bridgehead atoms. The molecule has 1 unspecified atom stereocenters. The van der Waals surface area contributed by atoms with Crippen LogP contribution in [0.2, 0.25) is 0 Å². The minimum absolute atomic E-state index is 0.00127. The van der Waals surface area contributed by atoms with Crippen molar-refractivity contribution in [1.82, 2.24) is 14.7 Å². The van der Waals surface area contributed by atoms with Crippen LogP contribution in [-0.2, 0) is 17.6 Å². The predicted molar refractivity (Wildman–Crippen MR) is 137 cm³/mol. The van der Waals surface area contributed by atoms with E-state index in [1.807, 2.05) is 25.7 Å². The van der Waals surface area contributed by atoms with E-state index in [4.69, 9.17) is 4.74 Å². The number of hydrogen-bond acceptors (Lipinski definition) is 5. The van der Waals surface area contributed by atoms with Gasteiger partial charge in [0.05, 0.1) is 5.69 Å². The van der Waals surface area contributed by atoms with Gasteiger partial charge in [-0.3, -0.25) is 4.79 Å². The third kappa shape index (κ3) is 5.71. The molecule has 2 aliphatic rings. The maximum atomic E-state index is 13.7. The SMILES string of the molecule is CC(C)(C)OC(=O)n1cc2c(n1)CCC(N(C(=O)c1ccc(-c3ccccc3OC(F)F)cc1)C1CC1)C2. The Bertz CT molecular complexity index is 1330. The van der Waals surface area contributed by atoms with Crippen molar-refractivity contribution < 1.29 is 27.8 Å². The number of para-hydroxylation sites is 1. The monoisotopic (exact) mass is 523 g/mol. The first-order chi connectivity index (χ1) is 18.1. The molecule has 9 heteroatoms. The van der Waals surface area contributed by atoms with Crippen LogP contribution in [0.4, 0.5) is 13.6 Å². The Labute approximate surface area is 220 Å². The van der Waals surface area contributed by atoms with Crippen LogP contribution in [0.1, 0.15) is 61.6 Å². The van der Waals surface area contributed by atoms with Crippen LogP contribution in [0.3, 0.4) is 0 Å². The van der Waals surface area contributed by atoms with E-state index in [0.29, 0.717) is 29.5 Å². The second-order valence-corrected chi connectivity index (χ2v) is 10.8. The molecule has 3 aromatic rings. The maximum Gasteiger partial charge on any atom is 0.435 e. The molecule has 2 aromatic carbocycles. The highest BCUT2D eigenvalue weighted by molar-refractivity contribution is 5.95. The lowest BCUT2D eigenvalue weighted by molar-refractivity contribution is -0.0494. The van der Waals surface area contributed by atoms with Gasteiger partial charge in [0.15, 0.2) is 0 Å². The molecule has 38 heavy (non-hydrogen) atoms. The van der Waals surface area contributed by atoms with E-state index in [0.717, 1.165) is 30.5 Å². The third-order valence-electron chi connectivity index (χ3n) is 6.74. The standard InChI is InChI=1S/C29H31F2N3O4/c1-29(2,3)38-28(36)33-17-20-16-22(14-15-24(20)32-33)34(21-12-13-21)26(35)19-10-8-18(9-11-19)23-6-4-5-7-25(23)37-27(30)31/h4-11,17,21-22,27H,12-16H2,1-3H3. The van der Waals surface area contributed by atoms with Gasteiger partial charge in [-0.25, -0.2) is 4.79 Å². The van der Waals surface area contributed by atoms with Gasteiger partial charge in [-0.15, -0.1) is 0 Å². The minimum Gasteiger partial charge on any atom is -0.442 e. The number of benzene rings is 2. The Morgan fingerprint density at radius 3 is 2.39 bits per heavy atom. The normalized spacial score (nSPS) is 17.2. The van der Waals surface area contributed by atoms with Crippen molar-refractivity contribution in [2.75, 3.05) is 0 Å². The zero-order chi connectivity index (χ0) is 27.0. The van der Waals surface area contributed by atoms with Crippen molar-refractivity contribution in [2.24, 2.45) is 0 Å². The molecule has 7 nitrogen and oxygen atoms in total. The van der Waals surface area contributed by atoms with Gasteiger partial charge >= 0.3 is 12.7 Å². The average molecular weight is 524 g/mol. The molecule has 1 atom stereocenters. The molecule has 1 amide bonds. The van der Waals surface area contributed by atoms with E-state index in [9.17, 15) is 18.4 Å². The number of ether oxygens (including phenoxy) is 2. The number of nitrogens with zero attached hydrogens (tertiary/aromatic N) is 3. The molecule has 1 saturated carbocycles. The lowest BCUT2D eigenvalue weighted by Crippen LogP contribution is -2.44. The number of aromatic nitrogens is 2. The summed E-state index contributed by atoms with van der Waals surface area (Å²) < 4.78 is 37.0. The first-order valence-electron chi connectivity index (χ1n) is 12.9. The highest BCUT2D eigenvalue weighted by atomic mass is 19.3. The van der Waals surface area contributed by atoms with Crippen LogP contribution < -0.4 is 4.74 Å². The molecule has 1 fully saturated rings. The lowest BCUT2D eigenvalue weighted by Gasteiger charge is -2.34. The van der Waals surface area contributed by atoms with Crippen molar-refractivity contribution in [2.45, 2.75) is 77.2 Å². The summed E-state index contributed by atoms with van der Waals surface area (Å²) in [6.45, 7) is 2.51. The second kappa shape index (κ2) is 10.2. The van der Waals surface area contributed by atoms with Gasteiger partial charge in [0.2, 0.25) is 0 Å². The summed E-state index contributed by atoms with van der Waals surface area (Å²) in [6, 6.07) is 13.8. The van der Waals surface area contributed by atoms with Crippen LogP contribution >= 0.6 is 0 Å². The van der Waals surface area contributed by atoms with Crippen LogP contribution in [0.15, 0.2) is 54.7 Å². The van der Waals surface area contributed by atoms with E-state index in [-0.39, 0.29) is 23.7 Å². The van der Waals surface area contributed by atoms with Crippen LogP contribution in [0.5, 0.6) is 5.75 Å². The predicted octanol–water partition coefficient (Wildman–Crippen LogP) is 6.10. The molecular weight excluding hydrogens is 492 g/mol. The number of halogens is 2. The van der Waals surface area contributed by atoms with Gasteiger partial charge < -0.3 is 14.4 Å². The summed E-state index contributed by atoms with van der Waals surface area (Å²) in [7, 11) is 0. The fourth-order valence-electron chi connectivity index (χ4n) is 4.95. The zero-order valence-corrected chi connectivity index (χ0v) is 21.7. The molecular formula is C29H31F2N3O4. The van der Waals surface area contributed by atoms with Gasteiger partial charge in [-0.2, -0.15) is 18.6 Å². The Morgan fingerprint density at radius 2 is 1.74 bits per heavy atom. The largest absolute Gasteiger partial charge is 0.442 e. The quantitative estimate of drug-likeness (QED) is 0.391. The van der Waals surface area contributed by atoms with Crippen LogP contribution in [0, 0.1) is 0 Å². The van der Waals surface area contributed by atoms with Gasteiger partial charge in [-0.1, -0.05) is 30.3 Å². The molecule has 5 rings (SSSR count). The molecule has 200 valence electrons. The van der Waals surface area contributed by atoms with E-state index in [2.05, 4.69) is 9.84 Å². The van der Waals surface area contributed by atoms with Gasteiger partial charge in [0, 0.05) is 29.4 Å². The van der Waals surface area contributed by atoms with Crippen molar-refractivity contribution in [3.8, 4) is 16.9 Å². The topological polar surface area (TPSA) is 73.7 Å². The van der Waals surface area contributed by atoms with Crippen LogP contribution in [0.25, 0.3) is 11.1 Å². The minimum atomic E-state index is -2.92. The highest BCUT2D eigenvalue weighted by Gasteiger charge is 2.39. The molecule has 0 N–H and O–H groups in total. The summed E-state index contributed by atoms with van der Waals surface area (Å²) in [5, 5.41) is 4.44. The van der Waals surface area contributed by atoms with Crippen molar-refractivity contribution in [3.05, 3.63) is 71.5 Å². The number of alkyl halides is 2. The summed E-state index contributed by atoms with van der Waals surface area (Å²) in [5.74, 6) is 0.0373. The molecule has 1 heterocycles. The Balaban J connectivity index is 1.33. The molecule has 1 aromatic heterocycles. The van der Waals surface area contributed by atoms with E-state index < -0.39 is 18.3 Å². The smallest absolute Gasteiger partial charge is 0.435 e. The average Bonchev–Trinajstić information content (AvgIpc) is 3.60. The first kappa shape index (κ1) is 25.9. The number of carbonyl (C=O) groups is 2. The van der Waals surface area contributed by atoms with Crippen molar-refractivity contribution in [3.63, 3.8) is 0 Å². The maximum absolute atomic E-state index is 13.7. The number of carbonyl (C=O) groups excluding carboxylic acids is 2. The Hall–Kier alpha value is -3.75. The fraction of sp³-hybridized carbons (Fsp3) is 0.414. The van der Waals surface area contributed by atoms with Gasteiger partial charge in [-0.05, 0) is 82.2 Å². The summed E-state index contributed by atoms with van der Waals surface area (Å²) in [6.07, 6.45) is 5.18. The zero-order valence-electron chi connectivity index (χ0n) is 21.7. The second-order valence-electron chi connectivity index (χ2n) is 10.8.